The number of nitrogens with zero attached hydrogens (tertiary/aromatic N) is 1. The molecule has 2 aromatic rings. The maximum atomic E-state index is 5.99. The number of hydrogen-bond acceptors (Lipinski definition) is 1. The fraction of sp³-hybridized carbons (Fsp3) is 0.467. The van der Waals surface area contributed by atoms with Gasteiger partial charge in [0.25, 0.3) is 0 Å². The molecule has 0 aliphatic rings. The summed E-state index contributed by atoms with van der Waals surface area (Å²) in [4.78, 5) is 5.79. The Morgan fingerprint density at radius 1 is 1.22 bits per heavy atom. The number of aromatic nitrogens is 1. The van der Waals surface area contributed by atoms with Crippen LogP contribution in [0.3, 0.4) is 0 Å². The van der Waals surface area contributed by atoms with E-state index in [1.54, 1.807) is 0 Å². The van der Waals surface area contributed by atoms with Crippen molar-refractivity contribution in [2.45, 2.75) is 26.7 Å². The molecule has 98 valence electrons. The summed E-state index contributed by atoms with van der Waals surface area (Å²) in [5.41, 5.74) is 2.52. The monoisotopic (exact) mass is 264 g/mol. The van der Waals surface area contributed by atoms with Gasteiger partial charge in [-0.15, -0.1) is 0 Å². The minimum atomic E-state index is 0.789. The van der Waals surface area contributed by atoms with Gasteiger partial charge in [0, 0.05) is 28.7 Å². The predicted molar refractivity (Wildman–Crippen MR) is 79.4 cm³/mol. The molecule has 18 heavy (non-hydrogen) atoms. The number of halogens is 1. The molecule has 2 nitrogen and oxygen atoms in total. The lowest BCUT2D eigenvalue weighted by Crippen LogP contribution is -2.26. The van der Waals surface area contributed by atoms with Crippen LogP contribution in [-0.4, -0.2) is 29.5 Å². The molecular formula is C15H21ClN2. The number of hydrogen-bond donors (Lipinski definition) is 1. The Hall–Kier alpha value is -0.990. The van der Waals surface area contributed by atoms with Crippen molar-refractivity contribution < 1.29 is 0 Å². The predicted octanol–water partition coefficient (Wildman–Crippen LogP) is 4.10. The molecule has 0 atom stereocenters. The minimum Gasteiger partial charge on any atom is -0.361 e. The fourth-order valence-electron chi connectivity index (χ4n) is 2.39. The molecule has 1 N–H and O–H groups in total. The zero-order valence-corrected chi connectivity index (χ0v) is 11.9. The molecule has 2 rings (SSSR count). The molecular weight excluding hydrogens is 244 g/mol. The van der Waals surface area contributed by atoms with Crippen LogP contribution in [0.15, 0.2) is 24.4 Å². The Balaban J connectivity index is 2.07. The summed E-state index contributed by atoms with van der Waals surface area (Å²) < 4.78 is 0. The van der Waals surface area contributed by atoms with Crippen molar-refractivity contribution in [3.63, 3.8) is 0 Å². The first-order valence-electron chi connectivity index (χ1n) is 6.72. The molecule has 1 heterocycles. The second-order valence-corrected chi connectivity index (χ2v) is 5.12. The third kappa shape index (κ3) is 3.06. The molecule has 0 saturated carbocycles. The number of benzene rings is 1. The van der Waals surface area contributed by atoms with Crippen molar-refractivity contribution in [1.29, 1.82) is 0 Å². The summed E-state index contributed by atoms with van der Waals surface area (Å²) in [7, 11) is 0. The zero-order valence-electron chi connectivity index (χ0n) is 11.2. The smallest absolute Gasteiger partial charge is 0.0471 e. The van der Waals surface area contributed by atoms with Crippen LogP contribution in [-0.2, 0) is 6.42 Å². The van der Waals surface area contributed by atoms with Crippen LogP contribution in [0.1, 0.15) is 25.8 Å². The van der Waals surface area contributed by atoms with Gasteiger partial charge in [-0.25, -0.2) is 0 Å². The summed E-state index contributed by atoms with van der Waals surface area (Å²) in [5, 5.41) is 2.09. The van der Waals surface area contributed by atoms with Crippen LogP contribution in [0.2, 0.25) is 5.02 Å². The van der Waals surface area contributed by atoms with Gasteiger partial charge in [-0.05, 0) is 43.6 Å². The van der Waals surface area contributed by atoms with E-state index >= 15 is 0 Å². The molecule has 3 heteroatoms. The van der Waals surface area contributed by atoms with Crippen LogP contribution in [0.25, 0.3) is 10.9 Å². The van der Waals surface area contributed by atoms with Gasteiger partial charge in [-0.1, -0.05) is 31.5 Å². The van der Waals surface area contributed by atoms with E-state index in [1.165, 1.54) is 23.9 Å². The molecule has 0 radical (unpaired) electrons. The molecule has 0 aliphatic carbocycles. The van der Waals surface area contributed by atoms with Crippen molar-refractivity contribution in [2.24, 2.45) is 0 Å². The first-order valence-corrected chi connectivity index (χ1v) is 7.10. The Morgan fingerprint density at radius 3 is 2.78 bits per heavy atom. The topological polar surface area (TPSA) is 19.0 Å². The molecule has 0 spiro atoms. The number of rotatable bonds is 6. The summed E-state index contributed by atoms with van der Waals surface area (Å²) in [5.74, 6) is 0. The zero-order chi connectivity index (χ0) is 13.0. The molecule has 0 saturated heterocycles. The molecule has 0 bridgehead atoms. The molecule has 1 aromatic carbocycles. The lowest BCUT2D eigenvalue weighted by molar-refractivity contribution is 0.293. The lowest BCUT2D eigenvalue weighted by Gasteiger charge is -2.18. The Labute approximate surface area is 114 Å². The number of aromatic amines is 1. The average Bonchev–Trinajstić information content (AvgIpc) is 2.76. The third-order valence-electron chi connectivity index (χ3n) is 3.41. The lowest BCUT2D eigenvalue weighted by atomic mass is 10.1. The van der Waals surface area contributed by atoms with Gasteiger partial charge >= 0.3 is 0 Å². The van der Waals surface area contributed by atoms with E-state index in [2.05, 4.69) is 36.0 Å². The number of nitrogens with one attached hydrogen (secondary N) is 1. The molecule has 0 fully saturated rings. The van der Waals surface area contributed by atoms with Gasteiger partial charge in [-0.3, -0.25) is 0 Å². The Morgan fingerprint density at radius 2 is 2.06 bits per heavy atom. The van der Waals surface area contributed by atoms with E-state index in [0.717, 1.165) is 30.0 Å². The van der Waals surface area contributed by atoms with Gasteiger partial charge in [0.1, 0.15) is 0 Å². The summed E-state index contributed by atoms with van der Waals surface area (Å²) >= 11 is 5.99. The molecule has 0 unspecified atom stereocenters. The van der Waals surface area contributed by atoms with Crippen molar-refractivity contribution in [2.75, 3.05) is 19.6 Å². The van der Waals surface area contributed by atoms with E-state index in [4.69, 9.17) is 11.6 Å². The van der Waals surface area contributed by atoms with Crippen LogP contribution >= 0.6 is 11.6 Å². The minimum absolute atomic E-state index is 0.789. The third-order valence-corrected chi connectivity index (χ3v) is 3.65. The van der Waals surface area contributed by atoms with Gasteiger partial charge in [0.2, 0.25) is 0 Å². The summed E-state index contributed by atoms with van der Waals surface area (Å²) in [6.45, 7) is 7.90. The van der Waals surface area contributed by atoms with Crippen molar-refractivity contribution in [3.05, 3.63) is 35.0 Å². The molecule has 1 aromatic heterocycles. The highest BCUT2D eigenvalue weighted by atomic mass is 35.5. The maximum Gasteiger partial charge on any atom is 0.0471 e. The first kappa shape index (κ1) is 13.4. The highest BCUT2D eigenvalue weighted by Gasteiger charge is 2.06. The number of H-pyrrole nitrogens is 1. The number of fused-ring (bicyclic) bond motifs is 1. The second-order valence-electron chi connectivity index (χ2n) is 4.69. The van der Waals surface area contributed by atoms with Crippen LogP contribution in [0, 0.1) is 0 Å². The normalized spacial score (nSPS) is 11.6. The quantitative estimate of drug-likeness (QED) is 0.832. The average molecular weight is 265 g/mol. The van der Waals surface area contributed by atoms with Gasteiger partial charge in [-0.2, -0.15) is 0 Å². The Kier molecular flexibility index (Phi) is 4.67. The van der Waals surface area contributed by atoms with Crippen molar-refractivity contribution >= 4 is 22.5 Å². The van der Waals surface area contributed by atoms with Crippen LogP contribution < -0.4 is 0 Å². The summed E-state index contributed by atoms with van der Waals surface area (Å²) in [6.07, 6.45) is 4.42. The largest absolute Gasteiger partial charge is 0.361 e. The van der Waals surface area contributed by atoms with E-state index in [-0.39, 0.29) is 0 Å². The summed E-state index contributed by atoms with van der Waals surface area (Å²) in [6, 6.07) is 6.06. The van der Waals surface area contributed by atoms with E-state index < -0.39 is 0 Å². The fourth-order valence-corrected chi connectivity index (χ4v) is 2.56. The van der Waals surface area contributed by atoms with E-state index in [9.17, 15) is 0 Å². The maximum absolute atomic E-state index is 5.99. The highest BCUT2D eigenvalue weighted by molar-refractivity contribution is 6.31. The van der Waals surface area contributed by atoms with Crippen molar-refractivity contribution in [1.82, 2.24) is 9.88 Å². The Bertz CT molecular complexity index is 504. The molecule has 0 aliphatic heterocycles. The first-order chi connectivity index (χ1) is 8.74. The number of likely N-dealkylation sites (N-methyl/N-ethyl adjacent to an activating group) is 1. The SMILES string of the molecule is CCCN(CC)CCc1c[nH]c2cc(Cl)ccc12. The van der Waals surface area contributed by atoms with Crippen LogP contribution in [0.4, 0.5) is 0 Å². The van der Waals surface area contributed by atoms with Gasteiger partial charge in [0.15, 0.2) is 0 Å². The molecule has 0 amide bonds. The van der Waals surface area contributed by atoms with Crippen molar-refractivity contribution in [3.8, 4) is 0 Å². The van der Waals surface area contributed by atoms with E-state index in [1.807, 2.05) is 12.1 Å². The standard InChI is InChI=1S/C15H21ClN2/c1-3-8-18(4-2)9-7-12-11-17-15-10-13(16)5-6-14(12)15/h5-6,10-11,17H,3-4,7-9H2,1-2H3. The van der Waals surface area contributed by atoms with E-state index in [0.29, 0.717) is 0 Å². The second kappa shape index (κ2) is 6.26. The van der Waals surface area contributed by atoms with Gasteiger partial charge in [0.05, 0.1) is 0 Å². The van der Waals surface area contributed by atoms with Crippen LogP contribution in [0.5, 0.6) is 0 Å². The highest BCUT2D eigenvalue weighted by Crippen LogP contribution is 2.22. The van der Waals surface area contributed by atoms with Gasteiger partial charge < -0.3 is 9.88 Å².